The van der Waals surface area contributed by atoms with Crippen LogP contribution in [0.4, 0.5) is 11.4 Å². The normalized spacial score (nSPS) is 13.6. The first-order valence-electron chi connectivity index (χ1n) is 7.84. The maximum atomic E-state index is 11.8. The van der Waals surface area contributed by atoms with Gasteiger partial charge in [0.2, 0.25) is 0 Å². The molecule has 3 aromatic rings. The van der Waals surface area contributed by atoms with Gasteiger partial charge in [0.25, 0.3) is 0 Å². The van der Waals surface area contributed by atoms with Gasteiger partial charge in [-0.25, -0.2) is 0 Å². The Labute approximate surface area is 150 Å². The largest absolute Gasteiger partial charge is 0.398 e. The number of nitrogen functional groups attached to an aromatic ring is 1. The molecular weight excluding hydrogens is 342 g/mol. The second-order valence-corrected chi connectivity index (χ2v) is 7.09. The Morgan fingerprint density at radius 2 is 2.08 bits per heavy atom. The minimum absolute atomic E-state index is 0. The van der Waals surface area contributed by atoms with Gasteiger partial charge in [0, 0.05) is 31.5 Å². The predicted octanol–water partition coefficient (Wildman–Crippen LogP) is 3.56. The van der Waals surface area contributed by atoms with E-state index in [4.69, 9.17) is 5.73 Å². The van der Waals surface area contributed by atoms with Crippen molar-refractivity contribution in [2.45, 2.75) is 19.4 Å². The molecule has 0 amide bonds. The van der Waals surface area contributed by atoms with Gasteiger partial charge in [-0.05, 0) is 48.2 Å². The summed E-state index contributed by atoms with van der Waals surface area (Å²) in [6.45, 7) is 1.89. The van der Waals surface area contributed by atoms with Crippen molar-refractivity contribution in [1.82, 2.24) is 4.57 Å². The first kappa shape index (κ1) is 16.9. The molecule has 1 aromatic heterocycles. The topological polar surface area (TPSA) is 51.3 Å². The quantitative estimate of drug-likeness (QED) is 0.710. The monoisotopic (exact) mass is 361 g/mol. The molecule has 0 radical (unpaired) electrons. The highest BCUT2D eigenvalue weighted by atomic mass is 35.5. The zero-order valence-corrected chi connectivity index (χ0v) is 15.1. The first-order chi connectivity index (χ1) is 11.1. The number of anilines is 2. The van der Waals surface area contributed by atoms with E-state index in [-0.39, 0.29) is 17.3 Å². The summed E-state index contributed by atoms with van der Waals surface area (Å²) < 4.78 is 2.76. The lowest BCUT2D eigenvalue weighted by Gasteiger charge is -2.32. The summed E-state index contributed by atoms with van der Waals surface area (Å²) in [5.74, 6) is 0. The van der Waals surface area contributed by atoms with Gasteiger partial charge >= 0.3 is 4.87 Å². The molecule has 0 saturated carbocycles. The third-order valence-corrected chi connectivity index (χ3v) is 5.61. The van der Waals surface area contributed by atoms with Gasteiger partial charge < -0.3 is 15.2 Å². The number of rotatable bonds is 2. The molecule has 24 heavy (non-hydrogen) atoms. The summed E-state index contributed by atoms with van der Waals surface area (Å²) in [5, 5.41) is 0. The fourth-order valence-electron chi connectivity index (χ4n) is 3.39. The summed E-state index contributed by atoms with van der Waals surface area (Å²) in [7, 11) is 1.82. The van der Waals surface area contributed by atoms with Crippen LogP contribution in [0.15, 0.2) is 41.2 Å². The van der Waals surface area contributed by atoms with Gasteiger partial charge in [-0.1, -0.05) is 23.5 Å². The van der Waals surface area contributed by atoms with Gasteiger partial charge in [-0.15, -0.1) is 12.4 Å². The number of benzene rings is 2. The molecule has 1 aliphatic rings. The van der Waals surface area contributed by atoms with Crippen molar-refractivity contribution in [3.8, 4) is 0 Å². The maximum absolute atomic E-state index is 11.8. The van der Waals surface area contributed by atoms with Crippen molar-refractivity contribution in [3.05, 3.63) is 57.2 Å². The van der Waals surface area contributed by atoms with E-state index >= 15 is 0 Å². The minimum Gasteiger partial charge on any atom is -0.398 e. The molecule has 0 spiro atoms. The summed E-state index contributed by atoms with van der Waals surface area (Å²) in [6, 6.07) is 12.5. The number of hydrogen-bond donors (Lipinski definition) is 1. The SMILES string of the molecule is Cl.Cn1c(=O)sc2cc(CN3CCCc4c(N)cccc43)ccc21. The number of aromatic nitrogens is 1. The molecule has 2 heterocycles. The van der Waals surface area contributed by atoms with E-state index in [0.717, 1.165) is 41.8 Å². The van der Waals surface area contributed by atoms with Crippen LogP contribution in [0.3, 0.4) is 0 Å². The number of thiazole rings is 1. The number of hydrogen-bond acceptors (Lipinski definition) is 4. The smallest absolute Gasteiger partial charge is 0.307 e. The molecule has 1 aliphatic heterocycles. The van der Waals surface area contributed by atoms with Crippen LogP contribution in [0.25, 0.3) is 10.2 Å². The molecule has 4 rings (SSSR count). The molecule has 2 aromatic carbocycles. The molecule has 0 atom stereocenters. The van der Waals surface area contributed by atoms with Gasteiger partial charge in [-0.2, -0.15) is 0 Å². The van der Waals surface area contributed by atoms with E-state index in [2.05, 4.69) is 23.1 Å². The lowest BCUT2D eigenvalue weighted by Crippen LogP contribution is -2.29. The average Bonchev–Trinajstić information content (AvgIpc) is 2.83. The third kappa shape index (κ3) is 2.78. The Kier molecular flexibility index (Phi) is 4.56. The second-order valence-electron chi connectivity index (χ2n) is 6.10. The van der Waals surface area contributed by atoms with Crippen molar-refractivity contribution in [3.63, 3.8) is 0 Å². The molecule has 0 bridgehead atoms. The van der Waals surface area contributed by atoms with Crippen LogP contribution in [-0.4, -0.2) is 11.1 Å². The second kappa shape index (κ2) is 6.49. The van der Waals surface area contributed by atoms with Crippen LogP contribution in [0.1, 0.15) is 17.5 Å². The van der Waals surface area contributed by atoms with Crippen molar-refractivity contribution in [2.24, 2.45) is 7.05 Å². The number of fused-ring (bicyclic) bond motifs is 2. The Bertz CT molecular complexity index is 947. The van der Waals surface area contributed by atoms with E-state index in [1.807, 2.05) is 25.2 Å². The van der Waals surface area contributed by atoms with E-state index < -0.39 is 0 Å². The summed E-state index contributed by atoms with van der Waals surface area (Å²) >= 11 is 1.31. The molecule has 126 valence electrons. The van der Waals surface area contributed by atoms with Crippen LogP contribution in [-0.2, 0) is 20.0 Å². The fourth-order valence-corrected chi connectivity index (χ4v) is 4.33. The molecule has 0 saturated heterocycles. The summed E-state index contributed by atoms with van der Waals surface area (Å²) in [5.41, 5.74) is 11.8. The number of aryl methyl sites for hydroxylation is 1. The Morgan fingerprint density at radius 1 is 1.25 bits per heavy atom. The molecular formula is C18H20ClN3OS. The number of nitrogens with zero attached hydrogens (tertiary/aromatic N) is 2. The van der Waals surface area contributed by atoms with Gasteiger partial charge in [0.1, 0.15) is 0 Å². The van der Waals surface area contributed by atoms with Crippen molar-refractivity contribution >= 4 is 45.3 Å². The minimum atomic E-state index is 0. The predicted molar refractivity (Wildman–Crippen MR) is 105 cm³/mol. The molecule has 0 fully saturated rings. The van der Waals surface area contributed by atoms with Crippen molar-refractivity contribution in [2.75, 3.05) is 17.2 Å². The number of halogens is 1. The molecule has 6 heteroatoms. The van der Waals surface area contributed by atoms with Gasteiger partial charge in [-0.3, -0.25) is 4.79 Å². The van der Waals surface area contributed by atoms with Crippen LogP contribution >= 0.6 is 23.7 Å². The summed E-state index contributed by atoms with van der Waals surface area (Å²) in [4.78, 5) is 14.3. The van der Waals surface area contributed by atoms with E-state index in [9.17, 15) is 4.79 Å². The van der Waals surface area contributed by atoms with E-state index in [1.165, 1.54) is 28.2 Å². The van der Waals surface area contributed by atoms with E-state index in [1.54, 1.807) is 4.57 Å². The first-order valence-corrected chi connectivity index (χ1v) is 8.66. The van der Waals surface area contributed by atoms with Crippen molar-refractivity contribution in [1.29, 1.82) is 0 Å². The lowest BCUT2D eigenvalue weighted by molar-refractivity contribution is 0.693. The zero-order valence-electron chi connectivity index (χ0n) is 13.5. The van der Waals surface area contributed by atoms with Crippen molar-refractivity contribution < 1.29 is 0 Å². The van der Waals surface area contributed by atoms with Gasteiger partial charge in [0.05, 0.1) is 10.2 Å². The number of nitrogens with two attached hydrogens (primary N) is 1. The van der Waals surface area contributed by atoms with E-state index in [0.29, 0.717) is 0 Å². The highest BCUT2D eigenvalue weighted by Crippen LogP contribution is 2.32. The highest BCUT2D eigenvalue weighted by Gasteiger charge is 2.18. The molecule has 0 unspecified atom stereocenters. The third-order valence-electron chi connectivity index (χ3n) is 4.61. The highest BCUT2D eigenvalue weighted by molar-refractivity contribution is 7.16. The average molecular weight is 362 g/mol. The fraction of sp³-hybridized carbons (Fsp3) is 0.278. The van der Waals surface area contributed by atoms with Gasteiger partial charge in [0.15, 0.2) is 0 Å². The molecule has 2 N–H and O–H groups in total. The summed E-state index contributed by atoms with van der Waals surface area (Å²) in [6.07, 6.45) is 2.18. The Balaban J connectivity index is 0.00000169. The molecule has 4 nitrogen and oxygen atoms in total. The van der Waals surface area contributed by atoms with Crippen LogP contribution in [0.2, 0.25) is 0 Å². The van der Waals surface area contributed by atoms with Crippen LogP contribution < -0.4 is 15.5 Å². The zero-order chi connectivity index (χ0) is 16.0. The Hall–Kier alpha value is -1.98. The lowest BCUT2D eigenvalue weighted by atomic mass is 9.99. The molecule has 0 aliphatic carbocycles. The van der Waals surface area contributed by atoms with Crippen LogP contribution in [0.5, 0.6) is 0 Å². The Morgan fingerprint density at radius 3 is 2.92 bits per heavy atom. The standard InChI is InChI=1S/C18H19N3OS.ClH/c1-20-16-8-7-12(10-17(16)23-18(20)22)11-21-9-3-4-13-14(19)5-2-6-15(13)21;/h2,5-8,10H,3-4,9,11,19H2,1H3;1H. The van der Waals surface area contributed by atoms with Crippen LogP contribution in [0, 0.1) is 0 Å². The maximum Gasteiger partial charge on any atom is 0.307 e.